The van der Waals surface area contributed by atoms with Crippen molar-refractivity contribution in [2.75, 3.05) is 26.7 Å². The molecule has 9 heteroatoms. The van der Waals surface area contributed by atoms with Crippen LogP contribution in [0.2, 0.25) is 0 Å². The van der Waals surface area contributed by atoms with E-state index in [1.54, 1.807) is 19.4 Å². The molecule has 9 nitrogen and oxygen atoms in total. The van der Waals surface area contributed by atoms with E-state index in [1.165, 1.54) is 0 Å². The van der Waals surface area contributed by atoms with Gasteiger partial charge in [0.05, 0.1) is 6.26 Å². The summed E-state index contributed by atoms with van der Waals surface area (Å²) in [7, 11) is 1.77. The van der Waals surface area contributed by atoms with E-state index >= 15 is 0 Å². The Balaban J connectivity index is 1.49. The van der Waals surface area contributed by atoms with Gasteiger partial charge in [-0.05, 0) is 30.9 Å². The second-order valence-corrected chi connectivity index (χ2v) is 6.43. The van der Waals surface area contributed by atoms with Crippen LogP contribution in [0.3, 0.4) is 0 Å². The molecule has 0 saturated carbocycles. The molecule has 26 heavy (non-hydrogen) atoms. The molecule has 140 valence electrons. The average Bonchev–Trinajstić information content (AvgIpc) is 3.30. The summed E-state index contributed by atoms with van der Waals surface area (Å²) in [4.78, 5) is 22.1. The Kier molecular flexibility index (Phi) is 5.88. The molecular formula is C17H25N7O2. The molecule has 0 bridgehead atoms. The van der Waals surface area contributed by atoms with Gasteiger partial charge in [-0.1, -0.05) is 0 Å². The smallest absolute Gasteiger partial charge is 0.217 e. The van der Waals surface area contributed by atoms with E-state index < -0.39 is 0 Å². The summed E-state index contributed by atoms with van der Waals surface area (Å²) in [6.07, 6.45) is 4.78. The van der Waals surface area contributed by atoms with Crippen molar-refractivity contribution in [1.29, 1.82) is 0 Å². The van der Waals surface area contributed by atoms with Crippen LogP contribution in [0.4, 0.5) is 0 Å². The molecule has 1 saturated heterocycles. The predicted octanol–water partition coefficient (Wildman–Crippen LogP) is 0.770. The van der Waals surface area contributed by atoms with Crippen LogP contribution in [0.1, 0.15) is 25.1 Å². The van der Waals surface area contributed by atoms with Gasteiger partial charge in [0.1, 0.15) is 5.82 Å². The second-order valence-electron chi connectivity index (χ2n) is 6.43. The number of primary amides is 1. The predicted molar refractivity (Wildman–Crippen MR) is 97.3 cm³/mol. The van der Waals surface area contributed by atoms with Crippen molar-refractivity contribution in [1.82, 2.24) is 25.4 Å². The Morgan fingerprint density at radius 2 is 2.46 bits per heavy atom. The third kappa shape index (κ3) is 4.62. The van der Waals surface area contributed by atoms with Gasteiger partial charge in [0, 0.05) is 39.5 Å². The number of aromatic nitrogens is 3. The molecule has 1 unspecified atom stereocenters. The molecule has 3 rings (SSSR count). The maximum absolute atomic E-state index is 11.2. The number of aliphatic imine (C=N–C) groups is 1. The van der Waals surface area contributed by atoms with Gasteiger partial charge in [-0.25, -0.2) is 4.98 Å². The molecule has 0 aliphatic carbocycles. The fraction of sp³-hybridized carbons (Fsp3) is 0.529. The highest BCUT2D eigenvalue weighted by molar-refractivity contribution is 5.80. The highest BCUT2D eigenvalue weighted by Crippen LogP contribution is 2.19. The molecule has 2 aromatic heterocycles. The zero-order chi connectivity index (χ0) is 18.4. The molecule has 1 aliphatic heterocycles. The normalized spacial score (nSPS) is 18.1. The Bertz CT molecular complexity index is 738. The molecule has 4 N–H and O–H groups in total. The van der Waals surface area contributed by atoms with Crippen molar-refractivity contribution in [3.8, 4) is 11.6 Å². The van der Waals surface area contributed by atoms with Crippen LogP contribution in [0.25, 0.3) is 11.6 Å². The number of H-pyrrole nitrogens is 1. The average molecular weight is 359 g/mol. The van der Waals surface area contributed by atoms with Crippen LogP contribution in [-0.4, -0.2) is 58.6 Å². The van der Waals surface area contributed by atoms with E-state index in [9.17, 15) is 4.79 Å². The van der Waals surface area contributed by atoms with Crippen molar-refractivity contribution in [3.63, 3.8) is 0 Å². The van der Waals surface area contributed by atoms with Gasteiger partial charge in [-0.15, -0.1) is 0 Å². The van der Waals surface area contributed by atoms with Crippen molar-refractivity contribution < 1.29 is 9.21 Å². The number of carbonyl (C=O) groups is 1. The molecular weight excluding hydrogens is 334 g/mol. The number of rotatable bonds is 6. The fourth-order valence-corrected chi connectivity index (χ4v) is 3.26. The van der Waals surface area contributed by atoms with Crippen LogP contribution in [0.15, 0.2) is 27.8 Å². The maximum atomic E-state index is 11.2. The number of nitrogens with two attached hydrogens (primary N) is 1. The lowest BCUT2D eigenvalue weighted by Gasteiger charge is -2.34. The summed E-state index contributed by atoms with van der Waals surface area (Å²) in [5, 5.41) is 10.4. The summed E-state index contributed by atoms with van der Waals surface area (Å²) >= 11 is 0. The minimum absolute atomic E-state index is 0.238. The number of hydrogen-bond acceptors (Lipinski definition) is 5. The molecule has 1 aliphatic rings. The van der Waals surface area contributed by atoms with Gasteiger partial charge in [0.25, 0.3) is 0 Å². The van der Waals surface area contributed by atoms with Crippen LogP contribution in [0, 0.1) is 5.92 Å². The summed E-state index contributed by atoms with van der Waals surface area (Å²) in [6, 6.07) is 3.63. The monoisotopic (exact) mass is 359 g/mol. The number of piperidine rings is 1. The van der Waals surface area contributed by atoms with Crippen LogP contribution < -0.4 is 11.1 Å². The highest BCUT2D eigenvalue weighted by Gasteiger charge is 2.23. The Morgan fingerprint density at radius 3 is 3.19 bits per heavy atom. The number of amides is 1. The van der Waals surface area contributed by atoms with Crippen molar-refractivity contribution in [3.05, 3.63) is 24.2 Å². The quantitative estimate of drug-likeness (QED) is 0.517. The van der Waals surface area contributed by atoms with Gasteiger partial charge in [-0.3, -0.25) is 14.9 Å². The molecule has 1 fully saturated rings. The number of nitrogens with one attached hydrogen (secondary N) is 2. The molecule has 2 aromatic rings. The number of furan rings is 1. The lowest BCUT2D eigenvalue weighted by molar-refractivity contribution is -0.119. The van der Waals surface area contributed by atoms with Crippen molar-refractivity contribution in [2.45, 2.75) is 25.7 Å². The van der Waals surface area contributed by atoms with Crippen molar-refractivity contribution >= 4 is 11.9 Å². The number of aromatic amines is 1. The number of likely N-dealkylation sites (tertiary alicyclic amines) is 1. The first kappa shape index (κ1) is 18.0. The maximum Gasteiger partial charge on any atom is 0.217 e. The third-order valence-electron chi connectivity index (χ3n) is 4.44. The minimum atomic E-state index is -0.238. The Hall–Kier alpha value is -2.84. The van der Waals surface area contributed by atoms with Crippen LogP contribution >= 0.6 is 0 Å². The van der Waals surface area contributed by atoms with E-state index in [1.807, 2.05) is 6.07 Å². The number of carbonyl (C=O) groups excluding carboxylic acids is 1. The van der Waals surface area contributed by atoms with Gasteiger partial charge >= 0.3 is 0 Å². The first-order valence-corrected chi connectivity index (χ1v) is 8.84. The fourth-order valence-electron chi connectivity index (χ4n) is 3.26. The standard InChI is InChI=1S/C17H25N7O2/c1-19-17(24-8-2-4-12(11-24)10-14(18)25)20-7-6-15-21-16(23-22-15)13-5-3-9-26-13/h3,5,9,12H,2,4,6-8,10-11H2,1H3,(H2,18,25)(H,19,20)(H,21,22,23). The van der Waals surface area contributed by atoms with Gasteiger partial charge in [-0.2, -0.15) is 5.10 Å². The van der Waals surface area contributed by atoms with Crippen LogP contribution in [-0.2, 0) is 11.2 Å². The molecule has 1 atom stereocenters. The van der Waals surface area contributed by atoms with Crippen molar-refractivity contribution in [2.24, 2.45) is 16.6 Å². The number of guanidine groups is 1. The SMILES string of the molecule is CN=C(NCCc1nc(-c2ccco2)n[nH]1)N1CCCC(CC(N)=O)C1. The zero-order valence-electron chi connectivity index (χ0n) is 14.9. The summed E-state index contributed by atoms with van der Waals surface area (Å²) < 4.78 is 5.29. The zero-order valence-corrected chi connectivity index (χ0v) is 14.9. The van der Waals surface area contributed by atoms with Crippen LogP contribution in [0.5, 0.6) is 0 Å². The Labute approximate surface area is 152 Å². The van der Waals surface area contributed by atoms with E-state index in [-0.39, 0.29) is 5.91 Å². The summed E-state index contributed by atoms with van der Waals surface area (Å²) in [5.74, 6) is 2.88. The molecule has 1 amide bonds. The largest absolute Gasteiger partial charge is 0.461 e. The Morgan fingerprint density at radius 1 is 1.58 bits per heavy atom. The van der Waals surface area contributed by atoms with E-state index in [0.29, 0.717) is 36.9 Å². The molecule has 3 heterocycles. The molecule has 0 aromatic carbocycles. The summed E-state index contributed by atoms with van der Waals surface area (Å²) in [6.45, 7) is 2.41. The minimum Gasteiger partial charge on any atom is -0.461 e. The van der Waals surface area contributed by atoms with E-state index in [2.05, 4.69) is 30.4 Å². The molecule has 0 spiro atoms. The molecule has 0 radical (unpaired) electrons. The van der Waals surface area contributed by atoms with E-state index in [4.69, 9.17) is 10.2 Å². The topological polar surface area (TPSA) is 125 Å². The lowest BCUT2D eigenvalue weighted by Crippen LogP contribution is -2.47. The lowest BCUT2D eigenvalue weighted by atomic mass is 9.95. The summed E-state index contributed by atoms with van der Waals surface area (Å²) in [5.41, 5.74) is 5.33. The van der Waals surface area contributed by atoms with Gasteiger partial charge in [0.2, 0.25) is 11.7 Å². The highest BCUT2D eigenvalue weighted by atomic mass is 16.3. The van der Waals surface area contributed by atoms with E-state index in [0.717, 1.165) is 37.7 Å². The van der Waals surface area contributed by atoms with Gasteiger partial charge in [0.15, 0.2) is 11.7 Å². The first-order valence-electron chi connectivity index (χ1n) is 8.84. The number of hydrogen-bond donors (Lipinski definition) is 3. The third-order valence-corrected chi connectivity index (χ3v) is 4.44. The first-order chi connectivity index (χ1) is 12.7. The number of nitrogens with zero attached hydrogens (tertiary/aromatic N) is 4. The second kappa shape index (κ2) is 8.50. The van der Waals surface area contributed by atoms with Gasteiger partial charge < -0.3 is 20.4 Å².